The van der Waals surface area contributed by atoms with Gasteiger partial charge in [0.2, 0.25) is 6.41 Å². The number of pyridine rings is 2. The van der Waals surface area contributed by atoms with Crippen molar-refractivity contribution in [2.24, 2.45) is 5.73 Å². The molecule has 0 aliphatic heterocycles. The van der Waals surface area contributed by atoms with E-state index < -0.39 is 0 Å². The number of nitrogens with two attached hydrogens (primary N) is 1. The van der Waals surface area contributed by atoms with Crippen molar-refractivity contribution >= 4 is 29.2 Å². The minimum Gasteiger partial charge on any atom is -0.372 e. The SMILES string of the molecule is Clc1ccn2cnc(Cc3cnn(Cc4cn5ccccc5n4)c3)c2c1.NC=O. The van der Waals surface area contributed by atoms with Gasteiger partial charge in [-0.25, -0.2) is 9.97 Å². The Balaban J connectivity index is 0.000000645. The number of imidazole rings is 2. The Hall–Kier alpha value is -3.65. The number of primary amides is 1. The minimum atomic E-state index is 0.250. The maximum absolute atomic E-state index is 8.58. The van der Waals surface area contributed by atoms with E-state index in [0.29, 0.717) is 18.0 Å². The molecule has 5 rings (SSSR count). The fourth-order valence-electron chi connectivity index (χ4n) is 3.16. The number of hydrogen-bond donors (Lipinski definition) is 1. The molecule has 0 aliphatic carbocycles. The molecule has 0 aromatic carbocycles. The summed E-state index contributed by atoms with van der Waals surface area (Å²) in [6, 6.07) is 9.76. The topological polar surface area (TPSA) is 95.5 Å². The molecule has 1 amide bonds. The molecule has 5 aromatic heterocycles. The summed E-state index contributed by atoms with van der Waals surface area (Å²) in [6.07, 6.45) is 12.6. The standard InChI is InChI=1S/C19H15ClN6.CH3NO/c20-15-4-6-25-13-21-17(18(25)8-15)7-14-9-22-26(10-14)12-16-11-24-5-2-1-3-19(24)23-16;2-1-3/h1-6,8-11,13H,7,12H2;1H,(H2,2,3). The third-order valence-electron chi connectivity index (χ3n) is 4.38. The largest absolute Gasteiger partial charge is 0.372 e. The lowest BCUT2D eigenvalue weighted by Crippen LogP contribution is -2.00. The maximum atomic E-state index is 8.58. The van der Waals surface area contributed by atoms with Gasteiger partial charge in [-0.3, -0.25) is 9.48 Å². The predicted molar refractivity (Wildman–Crippen MR) is 110 cm³/mol. The summed E-state index contributed by atoms with van der Waals surface area (Å²) < 4.78 is 5.89. The van der Waals surface area contributed by atoms with Crippen molar-refractivity contribution in [3.63, 3.8) is 0 Å². The molecule has 0 fully saturated rings. The van der Waals surface area contributed by atoms with Gasteiger partial charge in [-0.15, -0.1) is 0 Å². The van der Waals surface area contributed by atoms with E-state index in [2.05, 4.69) is 20.8 Å². The number of carbonyl (C=O) groups excluding carboxylic acids is 1. The van der Waals surface area contributed by atoms with Crippen LogP contribution in [0.25, 0.3) is 11.2 Å². The first-order valence-corrected chi connectivity index (χ1v) is 9.24. The number of rotatable bonds is 4. The van der Waals surface area contributed by atoms with E-state index in [1.165, 1.54) is 0 Å². The predicted octanol–water partition coefficient (Wildman–Crippen LogP) is 2.57. The van der Waals surface area contributed by atoms with Crippen LogP contribution in [0.3, 0.4) is 0 Å². The molecule has 0 atom stereocenters. The summed E-state index contributed by atoms with van der Waals surface area (Å²) in [5.41, 5.74) is 9.20. The molecule has 0 spiro atoms. The average Bonchev–Trinajstić information content (AvgIpc) is 3.42. The number of hydrogen-bond acceptors (Lipinski definition) is 4. The van der Waals surface area contributed by atoms with Crippen LogP contribution >= 0.6 is 11.6 Å². The lowest BCUT2D eigenvalue weighted by Gasteiger charge is -1.98. The van der Waals surface area contributed by atoms with Gasteiger partial charge in [-0.1, -0.05) is 17.7 Å². The molecular formula is C20H18ClN7O. The van der Waals surface area contributed by atoms with E-state index in [-0.39, 0.29) is 6.41 Å². The van der Waals surface area contributed by atoms with Gasteiger partial charge in [0.1, 0.15) is 5.65 Å². The van der Waals surface area contributed by atoms with Gasteiger partial charge in [0.05, 0.1) is 36.0 Å². The molecule has 29 heavy (non-hydrogen) atoms. The van der Waals surface area contributed by atoms with E-state index in [0.717, 1.165) is 28.1 Å². The van der Waals surface area contributed by atoms with Crippen molar-refractivity contribution in [1.82, 2.24) is 28.5 Å². The van der Waals surface area contributed by atoms with Crippen LogP contribution in [0.5, 0.6) is 0 Å². The highest BCUT2D eigenvalue weighted by atomic mass is 35.5. The maximum Gasteiger partial charge on any atom is 0.204 e. The molecule has 146 valence electrons. The van der Waals surface area contributed by atoms with E-state index in [1.807, 2.05) is 81.1 Å². The lowest BCUT2D eigenvalue weighted by molar-refractivity contribution is -0.106. The zero-order valence-electron chi connectivity index (χ0n) is 15.4. The Kier molecular flexibility index (Phi) is 5.26. The molecule has 0 saturated carbocycles. The fourth-order valence-corrected chi connectivity index (χ4v) is 3.32. The van der Waals surface area contributed by atoms with Gasteiger partial charge < -0.3 is 14.5 Å². The van der Waals surface area contributed by atoms with Crippen LogP contribution < -0.4 is 5.73 Å². The molecule has 0 saturated heterocycles. The molecule has 2 N–H and O–H groups in total. The molecule has 8 nitrogen and oxygen atoms in total. The van der Waals surface area contributed by atoms with E-state index in [1.54, 1.807) is 0 Å². The zero-order chi connectivity index (χ0) is 20.2. The monoisotopic (exact) mass is 407 g/mol. The van der Waals surface area contributed by atoms with Crippen molar-refractivity contribution in [3.8, 4) is 0 Å². The number of nitrogens with zero attached hydrogens (tertiary/aromatic N) is 6. The molecule has 5 aromatic rings. The average molecular weight is 408 g/mol. The Morgan fingerprint density at radius 1 is 1.14 bits per heavy atom. The second-order valence-corrected chi connectivity index (χ2v) is 6.82. The fraction of sp³-hybridized carbons (Fsp3) is 0.100. The Morgan fingerprint density at radius 3 is 2.83 bits per heavy atom. The molecule has 0 unspecified atom stereocenters. The van der Waals surface area contributed by atoms with Crippen molar-refractivity contribution < 1.29 is 4.79 Å². The summed E-state index contributed by atoms with van der Waals surface area (Å²) in [6.45, 7) is 0.636. The molecule has 0 radical (unpaired) electrons. The first kappa shape index (κ1) is 18.7. The molecule has 0 aliphatic rings. The Bertz CT molecular complexity index is 1240. The van der Waals surface area contributed by atoms with Gasteiger partial charge in [0.15, 0.2) is 0 Å². The molecular weight excluding hydrogens is 390 g/mol. The third-order valence-corrected chi connectivity index (χ3v) is 4.61. The summed E-state index contributed by atoms with van der Waals surface area (Å²) in [5, 5.41) is 5.18. The van der Waals surface area contributed by atoms with Gasteiger partial charge in [0, 0.05) is 36.2 Å². The van der Waals surface area contributed by atoms with Gasteiger partial charge in [0.25, 0.3) is 0 Å². The van der Waals surface area contributed by atoms with Crippen molar-refractivity contribution in [1.29, 1.82) is 0 Å². The minimum absolute atomic E-state index is 0.250. The normalized spacial score (nSPS) is 10.8. The number of amides is 1. The Morgan fingerprint density at radius 2 is 2.00 bits per heavy atom. The van der Waals surface area contributed by atoms with Crippen LogP contribution in [-0.2, 0) is 17.8 Å². The summed E-state index contributed by atoms with van der Waals surface area (Å²) in [4.78, 5) is 17.7. The van der Waals surface area contributed by atoms with Crippen molar-refractivity contribution in [3.05, 3.63) is 89.6 Å². The first-order valence-electron chi connectivity index (χ1n) is 8.86. The third kappa shape index (κ3) is 4.12. The number of carbonyl (C=O) groups is 1. The van der Waals surface area contributed by atoms with E-state index >= 15 is 0 Å². The highest BCUT2D eigenvalue weighted by molar-refractivity contribution is 6.30. The quantitative estimate of drug-likeness (QED) is 0.463. The number of aromatic nitrogens is 6. The first-order chi connectivity index (χ1) is 14.2. The Labute approximate surface area is 171 Å². The number of halogens is 1. The van der Waals surface area contributed by atoms with Crippen LogP contribution in [0.15, 0.2) is 67.6 Å². The van der Waals surface area contributed by atoms with Crippen molar-refractivity contribution in [2.75, 3.05) is 0 Å². The van der Waals surface area contributed by atoms with E-state index in [9.17, 15) is 0 Å². The van der Waals surface area contributed by atoms with Crippen LogP contribution in [0.1, 0.15) is 17.0 Å². The van der Waals surface area contributed by atoms with Gasteiger partial charge in [-0.05, 0) is 29.8 Å². The number of fused-ring (bicyclic) bond motifs is 2. The smallest absolute Gasteiger partial charge is 0.204 e. The highest BCUT2D eigenvalue weighted by Gasteiger charge is 2.09. The molecule has 9 heteroatoms. The summed E-state index contributed by atoms with van der Waals surface area (Å²) in [5.74, 6) is 0. The van der Waals surface area contributed by atoms with Gasteiger partial charge in [-0.2, -0.15) is 5.10 Å². The molecule has 0 bridgehead atoms. The van der Waals surface area contributed by atoms with Crippen LogP contribution in [0.4, 0.5) is 0 Å². The van der Waals surface area contributed by atoms with Gasteiger partial charge >= 0.3 is 0 Å². The van der Waals surface area contributed by atoms with E-state index in [4.69, 9.17) is 16.4 Å². The van der Waals surface area contributed by atoms with Crippen LogP contribution in [0.2, 0.25) is 5.02 Å². The molecule has 5 heterocycles. The van der Waals surface area contributed by atoms with Crippen LogP contribution in [0, 0.1) is 0 Å². The zero-order valence-corrected chi connectivity index (χ0v) is 16.1. The van der Waals surface area contributed by atoms with Crippen LogP contribution in [-0.4, -0.2) is 35.0 Å². The second kappa shape index (κ2) is 8.15. The second-order valence-electron chi connectivity index (χ2n) is 6.39. The highest BCUT2D eigenvalue weighted by Crippen LogP contribution is 2.18. The summed E-state index contributed by atoms with van der Waals surface area (Å²) in [7, 11) is 0. The lowest BCUT2D eigenvalue weighted by atomic mass is 10.2. The summed E-state index contributed by atoms with van der Waals surface area (Å²) >= 11 is 6.11. The van der Waals surface area contributed by atoms with Crippen molar-refractivity contribution in [2.45, 2.75) is 13.0 Å².